The van der Waals surface area contributed by atoms with Gasteiger partial charge in [-0.25, -0.2) is 0 Å². The molecule has 0 radical (unpaired) electrons. The van der Waals surface area contributed by atoms with Crippen LogP contribution in [0.3, 0.4) is 0 Å². The molecule has 146 valence electrons. The van der Waals surface area contributed by atoms with E-state index < -0.39 is 11.6 Å². The molecule has 2 heterocycles. The summed E-state index contributed by atoms with van der Waals surface area (Å²) in [5.74, 6) is 0.566. The van der Waals surface area contributed by atoms with E-state index in [1.54, 1.807) is 0 Å². The van der Waals surface area contributed by atoms with Crippen LogP contribution in [0.5, 0.6) is 11.5 Å². The molecular formula is C18H24I2O6. The highest BCUT2D eigenvalue weighted by Crippen LogP contribution is 2.33. The summed E-state index contributed by atoms with van der Waals surface area (Å²) in [6, 6.07) is 3.96. The van der Waals surface area contributed by atoms with Crippen LogP contribution in [0, 0.1) is 7.14 Å². The van der Waals surface area contributed by atoms with E-state index in [2.05, 4.69) is 45.2 Å². The molecule has 1 aromatic rings. The van der Waals surface area contributed by atoms with Crippen LogP contribution < -0.4 is 9.47 Å². The molecule has 0 bridgehead atoms. The lowest BCUT2D eigenvalue weighted by atomic mass is 10.3. The SMILES string of the molecule is CC1(C)OCC(COc2cc(I)c(OCC3COC(C)(C)O3)cc2I)O1. The van der Waals surface area contributed by atoms with Crippen molar-refractivity contribution in [2.45, 2.75) is 51.5 Å². The average molecular weight is 590 g/mol. The summed E-state index contributed by atoms with van der Waals surface area (Å²) in [6.45, 7) is 9.63. The molecule has 26 heavy (non-hydrogen) atoms. The normalized spacial score (nSPS) is 26.8. The summed E-state index contributed by atoms with van der Waals surface area (Å²) in [5, 5.41) is 0. The first-order valence-electron chi connectivity index (χ1n) is 8.52. The summed E-state index contributed by atoms with van der Waals surface area (Å²) in [4.78, 5) is 0. The van der Waals surface area contributed by atoms with Crippen molar-refractivity contribution in [1.82, 2.24) is 0 Å². The molecule has 2 atom stereocenters. The van der Waals surface area contributed by atoms with Crippen LogP contribution in [0.4, 0.5) is 0 Å². The Kier molecular flexibility index (Phi) is 6.60. The molecule has 2 unspecified atom stereocenters. The number of ether oxygens (including phenoxy) is 6. The second-order valence-electron chi connectivity index (χ2n) is 7.24. The van der Waals surface area contributed by atoms with E-state index in [-0.39, 0.29) is 12.2 Å². The molecule has 0 saturated carbocycles. The first-order valence-corrected chi connectivity index (χ1v) is 10.7. The van der Waals surface area contributed by atoms with Gasteiger partial charge in [0.2, 0.25) is 0 Å². The third-order valence-corrected chi connectivity index (χ3v) is 5.66. The number of benzene rings is 1. The predicted molar refractivity (Wildman–Crippen MR) is 113 cm³/mol. The van der Waals surface area contributed by atoms with Gasteiger partial charge in [0.25, 0.3) is 0 Å². The molecular weight excluding hydrogens is 566 g/mol. The Balaban J connectivity index is 1.54. The molecule has 0 amide bonds. The van der Waals surface area contributed by atoms with Gasteiger partial charge in [-0.3, -0.25) is 0 Å². The van der Waals surface area contributed by atoms with Crippen LogP contribution in [0.2, 0.25) is 0 Å². The van der Waals surface area contributed by atoms with Gasteiger partial charge in [-0.1, -0.05) is 0 Å². The van der Waals surface area contributed by atoms with Crippen molar-refractivity contribution in [2.75, 3.05) is 26.4 Å². The quantitative estimate of drug-likeness (QED) is 0.469. The van der Waals surface area contributed by atoms with Crippen molar-refractivity contribution in [1.29, 1.82) is 0 Å². The van der Waals surface area contributed by atoms with Gasteiger partial charge in [0, 0.05) is 0 Å². The summed E-state index contributed by atoms with van der Waals surface area (Å²) >= 11 is 4.51. The Hall–Kier alpha value is 0.120. The summed E-state index contributed by atoms with van der Waals surface area (Å²) < 4.78 is 36.5. The summed E-state index contributed by atoms with van der Waals surface area (Å²) in [5.41, 5.74) is 0. The molecule has 0 aliphatic carbocycles. The maximum atomic E-state index is 5.94. The van der Waals surface area contributed by atoms with Gasteiger partial charge in [0.1, 0.15) is 36.9 Å². The molecule has 0 N–H and O–H groups in total. The zero-order valence-electron chi connectivity index (χ0n) is 15.3. The monoisotopic (exact) mass is 590 g/mol. The number of halogens is 2. The Morgan fingerprint density at radius 3 is 1.54 bits per heavy atom. The second-order valence-corrected chi connectivity index (χ2v) is 9.56. The molecule has 6 nitrogen and oxygen atoms in total. The first kappa shape index (κ1) is 20.8. The number of hydrogen-bond acceptors (Lipinski definition) is 6. The lowest BCUT2D eigenvalue weighted by molar-refractivity contribution is -0.142. The molecule has 3 rings (SSSR count). The van der Waals surface area contributed by atoms with E-state index in [9.17, 15) is 0 Å². The van der Waals surface area contributed by atoms with Gasteiger partial charge in [0.15, 0.2) is 11.6 Å². The number of hydrogen-bond donors (Lipinski definition) is 0. The highest BCUT2D eigenvalue weighted by atomic mass is 127. The third kappa shape index (κ3) is 5.57. The highest BCUT2D eigenvalue weighted by molar-refractivity contribution is 14.1. The van der Waals surface area contributed by atoms with Gasteiger partial charge in [0.05, 0.1) is 20.4 Å². The minimum atomic E-state index is -0.534. The average Bonchev–Trinajstić information content (AvgIpc) is 3.07. The molecule has 8 heteroatoms. The van der Waals surface area contributed by atoms with Gasteiger partial charge in [-0.15, -0.1) is 0 Å². The first-order chi connectivity index (χ1) is 12.1. The maximum absolute atomic E-state index is 5.94. The van der Waals surface area contributed by atoms with Crippen LogP contribution >= 0.6 is 45.2 Å². The summed E-state index contributed by atoms with van der Waals surface area (Å²) in [7, 11) is 0. The van der Waals surface area contributed by atoms with E-state index >= 15 is 0 Å². The predicted octanol–water partition coefficient (Wildman–Crippen LogP) is 3.96. The van der Waals surface area contributed by atoms with Crippen LogP contribution in [0.15, 0.2) is 12.1 Å². The highest BCUT2D eigenvalue weighted by Gasteiger charge is 2.34. The van der Waals surface area contributed by atoms with Gasteiger partial charge in [-0.05, 0) is 85.0 Å². The molecule has 0 spiro atoms. The Morgan fingerprint density at radius 1 is 0.846 bits per heavy atom. The Labute approximate surface area is 181 Å². The molecule has 1 aromatic carbocycles. The van der Waals surface area contributed by atoms with Gasteiger partial charge < -0.3 is 28.4 Å². The third-order valence-electron chi connectivity index (χ3n) is 3.97. The van der Waals surface area contributed by atoms with Crippen molar-refractivity contribution in [3.05, 3.63) is 19.3 Å². The second kappa shape index (κ2) is 8.24. The molecule has 2 saturated heterocycles. The molecule has 2 aliphatic heterocycles. The van der Waals surface area contributed by atoms with Gasteiger partial charge >= 0.3 is 0 Å². The zero-order valence-corrected chi connectivity index (χ0v) is 19.7. The largest absolute Gasteiger partial charge is 0.490 e. The lowest BCUT2D eigenvalue weighted by Gasteiger charge is -2.19. The van der Waals surface area contributed by atoms with Crippen LogP contribution in [-0.4, -0.2) is 50.2 Å². The van der Waals surface area contributed by atoms with E-state index in [0.717, 1.165) is 18.6 Å². The van der Waals surface area contributed by atoms with Crippen LogP contribution in [-0.2, 0) is 18.9 Å². The van der Waals surface area contributed by atoms with Crippen molar-refractivity contribution in [3.8, 4) is 11.5 Å². The van der Waals surface area contributed by atoms with Crippen molar-refractivity contribution < 1.29 is 28.4 Å². The van der Waals surface area contributed by atoms with Crippen molar-refractivity contribution in [2.24, 2.45) is 0 Å². The minimum absolute atomic E-state index is 0.0581. The Bertz CT molecular complexity index is 593. The summed E-state index contributed by atoms with van der Waals surface area (Å²) in [6.07, 6.45) is -0.116. The fraction of sp³-hybridized carbons (Fsp3) is 0.667. The van der Waals surface area contributed by atoms with E-state index in [0.29, 0.717) is 26.4 Å². The molecule has 0 aromatic heterocycles. The molecule has 2 fully saturated rings. The van der Waals surface area contributed by atoms with Crippen molar-refractivity contribution >= 4 is 45.2 Å². The van der Waals surface area contributed by atoms with E-state index in [1.807, 2.05) is 39.8 Å². The maximum Gasteiger partial charge on any atom is 0.163 e. The fourth-order valence-electron chi connectivity index (χ4n) is 2.79. The topological polar surface area (TPSA) is 55.4 Å². The van der Waals surface area contributed by atoms with Crippen LogP contribution in [0.25, 0.3) is 0 Å². The van der Waals surface area contributed by atoms with E-state index in [1.165, 1.54) is 0 Å². The van der Waals surface area contributed by atoms with Crippen molar-refractivity contribution in [3.63, 3.8) is 0 Å². The fourth-order valence-corrected chi connectivity index (χ4v) is 3.98. The standard InChI is InChI=1S/C18H24I2O6/c1-17(2)23-9-11(25-17)7-21-15-5-14(20)16(6-13(15)19)22-8-12-10-24-18(3,4)26-12/h5-6,11-12H,7-10H2,1-4H3. The van der Waals surface area contributed by atoms with Crippen LogP contribution in [0.1, 0.15) is 27.7 Å². The minimum Gasteiger partial charge on any atom is -0.490 e. The molecule has 2 aliphatic rings. The lowest BCUT2D eigenvalue weighted by Crippen LogP contribution is -2.25. The number of rotatable bonds is 6. The van der Waals surface area contributed by atoms with E-state index in [4.69, 9.17) is 28.4 Å². The van der Waals surface area contributed by atoms with Gasteiger partial charge in [-0.2, -0.15) is 0 Å². The smallest absolute Gasteiger partial charge is 0.163 e. The Morgan fingerprint density at radius 2 is 1.23 bits per heavy atom. The zero-order chi connectivity index (χ0) is 18.9.